The van der Waals surface area contributed by atoms with Gasteiger partial charge in [0.25, 0.3) is 0 Å². The van der Waals surface area contributed by atoms with Gasteiger partial charge in [-0.15, -0.1) is 0 Å². The lowest BCUT2D eigenvalue weighted by atomic mass is 10.0. The van der Waals surface area contributed by atoms with E-state index in [1.54, 1.807) is 7.05 Å². The van der Waals surface area contributed by atoms with Crippen LogP contribution >= 0.6 is 0 Å². The molecule has 3 saturated heterocycles. The van der Waals surface area contributed by atoms with Crippen LogP contribution in [-0.2, 0) is 24.2 Å². The summed E-state index contributed by atoms with van der Waals surface area (Å²) in [6.07, 6.45) is 13.4. The second kappa shape index (κ2) is 16.9. The Balaban J connectivity index is 0.000000234. The average molecular weight is 559 g/mol. The fourth-order valence-corrected chi connectivity index (χ4v) is 4.36. The van der Waals surface area contributed by atoms with Gasteiger partial charge in [-0.05, 0) is 13.5 Å². The smallest absolute Gasteiger partial charge is 0.381 e. The lowest BCUT2D eigenvalue weighted by Crippen LogP contribution is -2.29. The first-order valence-corrected chi connectivity index (χ1v) is 15.3. The number of hydrogen-bond acceptors (Lipinski definition) is 10. The van der Waals surface area contributed by atoms with Crippen LogP contribution in [0.4, 0.5) is 0 Å². The van der Waals surface area contributed by atoms with E-state index in [9.17, 15) is 18.0 Å². The number of hydrogen-bond donors (Lipinski definition) is 3. The van der Waals surface area contributed by atoms with Crippen molar-refractivity contribution >= 4 is 22.0 Å². The first-order valence-electron chi connectivity index (χ1n) is 13.9. The van der Waals surface area contributed by atoms with E-state index in [1.807, 2.05) is 14.7 Å². The lowest BCUT2D eigenvalue weighted by molar-refractivity contribution is -0.117. The van der Waals surface area contributed by atoms with Gasteiger partial charge in [0.15, 0.2) is 0 Å². The van der Waals surface area contributed by atoms with E-state index in [4.69, 9.17) is 9.66 Å². The largest absolute Gasteiger partial charge is 0.397 e. The summed E-state index contributed by atoms with van der Waals surface area (Å²) >= 11 is 0. The van der Waals surface area contributed by atoms with E-state index in [0.29, 0.717) is 23.5 Å². The third kappa shape index (κ3) is 12.7. The molecule has 38 heavy (non-hydrogen) atoms. The number of nitrogens with one attached hydrogen (secondary N) is 1. The molecule has 218 valence electrons. The number of aliphatic hydroxyl groups is 1. The van der Waals surface area contributed by atoms with Gasteiger partial charge in [-0.25, -0.2) is 4.18 Å². The second-order valence-electron chi connectivity index (χ2n) is 9.82. The minimum atomic E-state index is -4.23. The number of unbranched alkanes of at least 4 members (excludes halogenated alkanes) is 9. The molecule has 0 aromatic heterocycles. The monoisotopic (exact) mass is 558 g/mol. The van der Waals surface area contributed by atoms with Crippen LogP contribution in [0.15, 0.2) is 23.2 Å². The van der Waals surface area contributed by atoms with Gasteiger partial charge in [0.05, 0.1) is 19.0 Å². The molecule has 4 rings (SSSR count). The zero-order valence-corrected chi connectivity index (χ0v) is 23.8. The third-order valence-electron chi connectivity index (χ3n) is 6.38. The highest BCUT2D eigenvalue weighted by molar-refractivity contribution is 7.80. The number of carbonyl (C=O) groups excluding carboxylic acids is 2. The van der Waals surface area contributed by atoms with Crippen LogP contribution in [0.25, 0.3) is 0 Å². The van der Waals surface area contributed by atoms with E-state index in [0.717, 1.165) is 52.1 Å². The molecule has 3 heterocycles. The van der Waals surface area contributed by atoms with Gasteiger partial charge in [0.1, 0.15) is 11.4 Å². The van der Waals surface area contributed by atoms with Gasteiger partial charge in [0.2, 0.25) is 11.6 Å². The molecule has 11 nitrogen and oxygen atoms in total. The molecule has 4 aliphatic rings. The number of ketones is 2. The second-order valence-corrected chi connectivity index (χ2v) is 10.9. The summed E-state index contributed by atoms with van der Waals surface area (Å²) in [5.74, 6) is 0.0485. The Morgan fingerprint density at radius 3 is 1.68 bits per heavy atom. The highest BCUT2D eigenvalue weighted by Crippen LogP contribution is 2.33. The summed E-state index contributed by atoms with van der Waals surface area (Å²) in [4.78, 5) is 30.5. The van der Waals surface area contributed by atoms with Crippen molar-refractivity contribution in [1.82, 2.24) is 20.0 Å². The first kappa shape index (κ1) is 32.2. The van der Waals surface area contributed by atoms with Crippen LogP contribution in [0, 0.1) is 0 Å². The van der Waals surface area contributed by atoms with Crippen LogP contribution in [0.2, 0.25) is 0 Å². The quantitative estimate of drug-likeness (QED) is 0.0843. The highest BCUT2D eigenvalue weighted by Gasteiger charge is 2.43. The SMILES string of the molecule is CCCCCCCCCCCCOS(=O)(=O)O.CNCO.O=C1C=C(N2CC2)C(=O)C(N2CC2)=C1N1CC1. The molecular formula is C26H46N4O7S. The fraction of sp³-hybridized carbons (Fsp3) is 0.769. The van der Waals surface area contributed by atoms with Crippen molar-refractivity contribution in [3.63, 3.8) is 0 Å². The van der Waals surface area contributed by atoms with E-state index in [2.05, 4.69) is 16.4 Å². The predicted octanol–water partition coefficient (Wildman–Crippen LogP) is 2.06. The Labute approximate surface area is 227 Å². The summed E-state index contributed by atoms with van der Waals surface area (Å²) in [6, 6.07) is 0. The van der Waals surface area contributed by atoms with Gasteiger partial charge < -0.3 is 19.8 Å². The topological polar surface area (TPSA) is 139 Å². The Morgan fingerprint density at radius 1 is 0.816 bits per heavy atom. The summed E-state index contributed by atoms with van der Waals surface area (Å²) < 4.78 is 33.0. The molecular weight excluding hydrogens is 512 g/mol. The number of aliphatic hydroxyl groups excluding tert-OH is 1. The molecule has 3 fully saturated rings. The maximum absolute atomic E-state index is 12.4. The van der Waals surface area contributed by atoms with Gasteiger partial charge in [-0.1, -0.05) is 64.7 Å². The molecule has 1 aliphatic carbocycles. The van der Waals surface area contributed by atoms with Gasteiger partial charge in [-0.2, -0.15) is 8.42 Å². The van der Waals surface area contributed by atoms with Crippen molar-refractivity contribution < 1.29 is 31.8 Å². The van der Waals surface area contributed by atoms with Crippen LogP contribution in [0.1, 0.15) is 71.1 Å². The Bertz CT molecular complexity index is 922. The van der Waals surface area contributed by atoms with Crippen molar-refractivity contribution in [2.75, 3.05) is 59.7 Å². The molecule has 0 radical (unpaired) electrons. The molecule has 0 unspecified atom stereocenters. The minimum absolute atomic E-state index is 0.00546. The van der Waals surface area contributed by atoms with Crippen molar-refractivity contribution in [3.05, 3.63) is 23.2 Å². The van der Waals surface area contributed by atoms with Crippen molar-refractivity contribution in [2.24, 2.45) is 0 Å². The van der Waals surface area contributed by atoms with Crippen LogP contribution < -0.4 is 5.32 Å². The maximum atomic E-state index is 12.4. The summed E-state index contributed by atoms with van der Waals surface area (Å²) in [7, 11) is -2.55. The highest BCUT2D eigenvalue weighted by atomic mass is 32.3. The molecule has 12 heteroatoms. The number of rotatable bonds is 16. The minimum Gasteiger partial charge on any atom is -0.381 e. The van der Waals surface area contributed by atoms with Crippen molar-refractivity contribution in [2.45, 2.75) is 71.1 Å². The zero-order chi connectivity index (χ0) is 28.0. The normalized spacial score (nSPS) is 18.0. The van der Waals surface area contributed by atoms with Crippen molar-refractivity contribution in [1.29, 1.82) is 0 Å². The van der Waals surface area contributed by atoms with Crippen LogP contribution in [0.5, 0.6) is 0 Å². The molecule has 0 spiro atoms. The Kier molecular flexibility index (Phi) is 14.3. The summed E-state index contributed by atoms with van der Waals surface area (Å²) in [6.45, 7) is 7.79. The number of carbonyl (C=O) groups is 2. The van der Waals surface area contributed by atoms with E-state index in [1.165, 1.54) is 51.0 Å². The van der Waals surface area contributed by atoms with E-state index in [-0.39, 0.29) is 24.9 Å². The first-order chi connectivity index (χ1) is 18.2. The fourth-order valence-electron chi connectivity index (χ4n) is 4.03. The van der Waals surface area contributed by atoms with Crippen LogP contribution in [-0.4, -0.2) is 104 Å². The Morgan fingerprint density at radius 2 is 1.26 bits per heavy atom. The molecule has 0 amide bonds. The lowest BCUT2D eigenvalue weighted by Gasteiger charge is -2.21. The summed E-state index contributed by atoms with van der Waals surface area (Å²) in [5.41, 5.74) is 1.89. The maximum Gasteiger partial charge on any atom is 0.397 e. The summed E-state index contributed by atoms with van der Waals surface area (Å²) in [5, 5.41) is 10.2. The molecule has 3 N–H and O–H groups in total. The molecule has 0 aromatic rings. The molecule has 0 bridgehead atoms. The Hall–Kier alpha value is -1.99. The number of nitrogens with zero attached hydrogens (tertiary/aromatic N) is 3. The standard InChI is InChI=1S/C12H13N3O2.C12H26O4S.C2H7NO/c16-9-7-8(13-1-2-13)12(17)11(15-5-6-15)10(9)14-3-4-14;1-2-3-4-5-6-7-8-9-10-11-12-16-17(13,14)15;1-3-2-4/h7H,1-6H2;2-12H2,1H3,(H,13,14,15);3-4H,2H2,1H3. The van der Waals surface area contributed by atoms with E-state index >= 15 is 0 Å². The molecule has 0 saturated carbocycles. The van der Waals surface area contributed by atoms with E-state index < -0.39 is 10.4 Å². The van der Waals surface area contributed by atoms with Gasteiger partial charge >= 0.3 is 10.4 Å². The molecule has 0 aromatic carbocycles. The number of allylic oxidation sites excluding steroid dienone is 1. The van der Waals surface area contributed by atoms with Gasteiger partial charge in [-0.3, -0.25) is 19.5 Å². The third-order valence-corrected chi connectivity index (χ3v) is 6.84. The molecule has 0 atom stereocenters. The van der Waals surface area contributed by atoms with Crippen LogP contribution in [0.3, 0.4) is 0 Å². The predicted molar refractivity (Wildman–Crippen MR) is 145 cm³/mol. The zero-order valence-electron chi connectivity index (χ0n) is 23.0. The van der Waals surface area contributed by atoms with Crippen molar-refractivity contribution in [3.8, 4) is 0 Å². The average Bonchev–Trinajstić information content (AvgIpc) is 3.70. The number of Topliss-reactive ketones (excluding diaryl/α,β-unsaturated/α-hetero) is 1. The molecule has 3 aliphatic heterocycles. The van der Waals surface area contributed by atoms with Gasteiger partial charge in [0, 0.05) is 45.3 Å².